The molecule has 0 saturated heterocycles. The Bertz CT molecular complexity index is 737. The highest BCUT2D eigenvalue weighted by Crippen LogP contribution is 2.26. The van der Waals surface area contributed by atoms with Crippen LogP contribution in [0.15, 0.2) is 29.4 Å². The van der Waals surface area contributed by atoms with Gasteiger partial charge in [0.15, 0.2) is 17.2 Å². The van der Waals surface area contributed by atoms with Crippen LogP contribution in [-0.4, -0.2) is 40.2 Å². The number of hydrogen-bond acceptors (Lipinski definition) is 5. The fourth-order valence-electron chi connectivity index (χ4n) is 2.13. The molecule has 0 bridgehead atoms. The van der Waals surface area contributed by atoms with Gasteiger partial charge in [-0.15, -0.1) is 0 Å². The summed E-state index contributed by atoms with van der Waals surface area (Å²) in [6.07, 6.45) is 4.01. The summed E-state index contributed by atoms with van der Waals surface area (Å²) in [5.41, 5.74) is 1.64. The number of phenolic OH excluding ortho intramolecular Hbond substituents is 1. The molecule has 1 amide bonds. The predicted octanol–water partition coefficient (Wildman–Crippen LogP) is 2.41. The highest BCUT2D eigenvalue weighted by Gasteiger charge is 2.15. The quantitative estimate of drug-likeness (QED) is 0.763. The standard InChI is InChI=1S/C17H22N4O3/c1-4-8-18-17(23)16-13(11-20-21(16)3)19-10-12-6-7-14(22)15(9-12)24-5-2/h6-7,9-11,22H,4-5,8H2,1-3H3,(H,18,23). The number of carbonyl (C=O) groups excluding carboxylic acids is 1. The largest absolute Gasteiger partial charge is 0.504 e. The van der Waals surface area contributed by atoms with E-state index < -0.39 is 0 Å². The third-order valence-electron chi connectivity index (χ3n) is 3.31. The lowest BCUT2D eigenvalue weighted by Gasteiger charge is -2.06. The van der Waals surface area contributed by atoms with Gasteiger partial charge in [-0.05, 0) is 37.1 Å². The van der Waals surface area contributed by atoms with Crippen molar-refractivity contribution < 1.29 is 14.6 Å². The molecule has 128 valence electrons. The number of nitrogens with one attached hydrogen (secondary N) is 1. The molecular formula is C17H22N4O3. The van der Waals surface area contributed by atoms with Crippen LogP contribution >= 0.6 is 0 Å². The highest BCUT2D eigenvalue weighted by molar-refractivity contribution is 5.98. The molecule has 0 aliphatic heterocycles. The van der Waals surface area contributed by atoms with Gasteiger partial charge >= 0.3 is 0 Å². The van der Waals surface area contributed by atoms with Crippen LogP contribution in [0.3, 0.4) is 0 Å². The zero-order valence-corrected chi connectivity index (χ0v) is 14.1. The Morgan fingerprint density at radius 2 is 2.25 bits per heavy atom. The lowest BCUT2D eigenvalue weighted by Crippen LogP contribution is -2.26. The molecule has 0 unspecified atom stereocenters. The molecule has 0 aliphatic rings. The van der Waals surface area contributed by atoms with E-state index in [0.29, 0.717) is 30.3 Å². The second kappa shape index (κ2) is 8.14. The molecule has 24 heavy (non-hydrogen) atoms. The van der Waals surface area contributed by atoms with Crippen LogP contribution in [0, 0.1) is 0 Å². The number of carbonyl (C=O) groups is 1. The third kappa shape index (κ3) is 4.13. The molecule has 0 spiro atoms. The number of aromatic nitrogens is 2. The Balaban J connectivity index is 2.23. The molecule has 0 saturated carbocycles. The Labute approximate surface area is 141 Å². The summed E-state index contributed by atoms with van der Waals surface area (Å²) < 4.78 is 6.85. The van der Waals surface area contributed by atoms with Crippen LogP contribution in [0.25, 0.3) is 0 Å². The van der Waals surface area contributed by atoms with Crippen LogP contribution in [0.1, 0.15) is 36.3 Å². The van der Waals surface area contributed by atoms with Gasteiger partial charge in [0.05, 0.1) is 12.8 Å². The van der Waals surface area contributed by atoms with E-state index in [-0.39, 0.29) is 11.7 Å². The summed E-state index contributed by atoms with van der Waals surface area (Å²) in [5.74, 6) is 0.272. The summed E-state index contributed by atoms with van der Waals surface area (Å²) in [5, 5.41) is 16.6. The molecule has 1 aromatic carbocycles. The predicted molar refractivity (Wildman–Crippen MR) is 92.4 cm³/mol. The number of phenols is 1. The summed E-state index contributed by atoms with van der Waals surface area (Å²) >= 11 is 0. The molecule has 7 heteroatoms. The van der Waals surface area contributed by atoms with Gasteiger partial charge in [-0.1, -0.05) is 6.92 Å². The first-order valence-electron chi connectivity index (χ1n) is 7.86. The van der Waals surface area contributed by atoms with Gasteiger partial charge in [-0.2, -0.15) is 5.10 Å². The van der Waals surface area contributed by atoms with E-state index in [1.165, 1.54) is 4.68 Å². The third-order valence-corrected chi connectivity index (χ3v) is 3.31. The van der Waals surface area contributed by atoms with Gasteiger partial charge in [-0.3, -0.25) is 14.5 Å². The van der Waals surface area contributed by atoms with E-state index in [9.17, 15) is 9.90 Å². The fourth-order valence-corrected chi connectivity index (χ4v) is 2.13. The lowest BCUT2D eigenvalue weighted by molar-refractivity contribution is 0.0945. The average molecular weight is 330 g/mol. The van der Waals surface area contributed by atoms with Crippen molar-refractivity contribution >= 4 is 17.8 Å². The SMILES string of the molecule is CCCNC(=O)c1c(N=Cc2ccc(O)c(OCC)c2)cnn1C. The van der Waals surface area contributed by atoms with E-state index in [2.05, 4.69) is 15.4 Å². The van der Waals surface area contributed by atoms with Crippen molar-refractivity contribution in [3.63, 3.8) is 0 Å². The van der Waals surface area contributed by atoms with Crippen LogP contribution in [0.2, 0.25) is 0 Å². The Kier molecular flexibility index (Phi) is 5.95. The molecule has 0 aliphatic carbocycles. The minimum Gasteiger partial charge on any atom is -0.504 e. The summed E-state index contributed by atoms with van der Waals surface area (Å²) in [4.78, 5) is 16.6. The molecule has 7 nitrogen and oxygen atoms in total. The first kappa shape index (κ1) is 17.5. The van der Waals surface area contributed by atoms with Gasteiger partial charge in [0.25, 0.3) is 5.91 Å². The zero-order chi connectivity index (χ0) is 17.5. The first-order valence-corrected chi connectivity index (χ1v) is 7.86. The van der Waals surface area contributed by atoms with Gasteiger partial charge in [0, 0.05) is 19.8 Å². The molecule has 2 aromatic rings. The van der Waals surface area contributed by atoms with E-state index >= 15 is 0 Å². The van der Waals surface area contributed by atoms with Crippen molar-refractivity contribution in [2.75, 3.05) is 13.2 Å². The number of rotatable bonds is 7. The van der Waals surface area contributed by atoms with Crippen molar-refractivity contribution in [2.45, 2.75) is 20.3 Å². The van der Waals surface area contributed by atoms with E-state index in [0.717, 1.165) is 12.0 Å². The number of aliphatic imine (C=N–C) groups is 1. The number of aryl methyl sites for hydroxylation is 1. The molecule has 0 fully saturated rings. The summed E-state index contributed by atoms with van der Waals surface area (Å²) in [7, 11) is 1.70. The molecule has 2 N–H and O–H groups in total. The van der Waals surface area contributed by atoms with Crippen LogP contribution in [0.4, 0.5) is 5.69 Å². The van der Waals surface area contributed by atoms with E-state index in [4.69, 9.17) is 4.74 Å². The molecule has 0 atom stereocenters. The highest BCUT2D eigenvalue weighted by atomic mass is 16.5. The van der Waals surface area contributed by atoms with Crippen molar-refractivity contribution in [2.24, 2.45) is 12.0 Å². The first-order chi connectivity index (χ1) is 11.6. The second-order valence-electron chi connectivity index (χ2n) is 5.18. The van der Waals surface area contributed by atoms with Gasteiger partial charge in [0.1, 0.15) is 5.69 Å². The van der Waals surface area contributed by atoms with Crippen molar-refractivity contribution in [1.82, 2.24) is 15.1 Å². The summed E-state index contributed by atoms with van der Waals surface area (Å²) in [6.45, 7) is 4.89. The van der Waals surface area contributed by atoms with Crippen molar-refractivity contribution in [1.29, 1.82) is 0 Å². The van der Waals surface area contributed by atoms with Crippen molar-refractivity contribution in [3.05, 3.63) is 35.7 Å². The smallest absolute Gasteiger partial charge is 0.271 e. The van der Waals surface area contributed by atoms with Gasteiger partial charge in [-0.25, -0.2) is 0 Å². The number of nitrogens with zero attached hydrogens (tertiary/aromatic N) is 3. The molecule has 0 radical (unpaired) electrons. The maximum absolute atomic E-state index is 12.2. The number of benzene rings is 1. The minimum absolute atomic E-state index is 0.0787. The summed E-state index contributed by atoms with van der Waals surface area (Å²) in [6, 6.07) is 4.95. The normalized spacial score (nSPS) is 11.0. The number of hydrogen-bond donors (Lipinski definition) is 2. The van der Waals surface area contributed by atoms with Gasteiger partial charge in [0.2, 0.25) is 0 Å². The van der Waals surface area contributed by atoms with Crippen LogP contribution < -0.4 is 10.1 Å². The van der Waals surface area contributed by atoms with Crippen LogP contribution in [-0.2, 0) is 7.05 Å². The lowest BCUT2D eigenvalue weighted by atomic mass is 10.2. The molecule has 2 rings (SSSR count). The molecular weight excluding hydrogens is 308 g/mol. The topological polar surface area (TPSA) is 88.7 Å². The van der Waals surface area contributed by atoms with Crippen molar-refractivity contribution in [3.8, 4) is 11.5 Å². The maximum Gasteiger partial charge on any atom is 0.271 e. The van der Waals surface area contributed by atoms with Gasteiger partial charge < -0.3 is 15.2 Å². The Morgan fingerprint density at radius 3 is 2.96 bits per heavy atom. The Hall–Kier alpha value is -2.83. The fraction of sp³-hybridized carbons (Fsp3) is 0.353. The Morgan fingerprint density at radius 1 is 1.46 bits per heavy atom. The molecule has 1 aromatic heterocycles. The number of ether oxygens (including phenoxy) is 1. The van der Waals surface area contributed by atoms with E-state index in [1.54, 1.807) is 37.7 Å². The molecule has 1 heterocycles. The minimum atomic E-state index is -0.204. The number of aromatic hydroxyl groups is 1. The monoisotopic (exact) mass is 330 g/mol. The van der Waals surface area contributed by atoms with E-state index in [1.807, 2.05) is 13.8 Å². The number of amides is 1. The maximum atomic E-state index is 12.2. The second-order valence-corrected chi connectivity index (χ2v) is 5.18. The average Bonchev–Trinajstić information content (AvgIpc) is 2.94. The zero-order valence-electron chi connectivity index (χ0n) is 14.1. The van der Waals surface area contributed by atoms with Crippen LogP contribution in [0.5, 0.6) is 11.5 Å².